The molecule has 2 saturated heterocycles. The molecule has 2 bridgehead atoms. The number of sulfonamides is 1. The number of hydrogen-bond acceptors (Lipinski definition) is 6. The Bertz CT molecular complexity index is 1960. The number of amides is 1. The van der Waals surface area contributed by atoms with Gasteiger partial charge < -0.3 is 19.3 Å². The lowest BCUT2D eigenvalue weighted by Gasteiger charge is -2.44. The van der Waals surface area contributed by atoms with E-state index in [2.05, 4.69) is 30.5 Å². The Balaban J connectivity index is 1.18. The average Bonchev–Trinajstić information content (AvgIpc) is 3.05. The first-order valence-corrected chi connectivity index (χ1v) is 18.0. The molecule has 1 aromatic heterocycles. The predicted molar refractivity (Wildman–Crippen MR) is 185 cm³/mol. The minimum atomic E-state index is -3.96. The van der Waals surface area contributed by atoms with E-state index in [4.69, 9.17) is 11.6 Å². The maximum atomic E-state index is 13.8. The number of hydrogen-bond donors (Lipinski definition) is 1. The number of nitrogens with zero attached hydrogens (tertiary/aromatic N) is 4. The second kappa shape index (κ2) is 12.4. The molecule has 46 heavy (non-hydrogen) atoms. The molecule has 0 radical (unpaired) electrons. The van der Waals surface area contributed by atoms with Gasteiger partial charge in [0.25, 0.3) is 21.5 Å². The summed E-state index contributed by atoms with van der Waals surface area (Å²) in [5.41, 5.74) is 3.53. The fraction of sp³-hybridized carbons (Fsp3) is 0.294. The van der Waals surface area contributed by atoms with Crippen molar-refractivity contribution in [3.63, 3.8) is 0 Å². The van der Waals surface area contributed by atoms with Crippen LogP contribution in [0.5, 0.6) is 0 Å². The topological polar surface area (TPSA) is 95.0 Å². The molecule has 7 rings (SSSR count). The Kier molecular flexibility index (Phi) is 8.33. The van der Waals surface area contributed by atoms with Gasteiger partial charge in [-0.25, -0.2) is 8.42 Å². The Morgan fingerprint density at radius 3 is 2.37 bits per heavy atom. The highest BCUT2D eigenvalue weighted by Crippen LogP contribution is 2.40. The zero-order valence-electron chi connectivity index (χ0n) is 25.0. The van der Waals surface area contributed by atoms with Crippen LogP contribution in [0.4, 0.5) is 17.1 Å². The Morgan fingerprint density at radius 2 is 1.61 bits per heavy atom. The summed E-state index contributed by atoms with van der Waals surface area (Å²) in [6.45, 7) is 4.31. The third kappa shape index (κ3) is 6.15. The van der Waals surface area contributed by atoms with Gasteiger partial charge in [0.2, 0.25) is 0 Å². The van der Waals surface area contributed by atoms with E-state index < -0.39 is 10.0 Å². The Labute approximate surface area is 281 Å². The van der Waals surface area contributed by atoms with Crippen LogP contribution in [-0.2, 0) is 16.6 Å². The first-order chi connectivity index (χ1) is 22.1. The molecule has 238 valence electrons. The summed E-state index contributed by atoms with van der Waals surface area (Å²) in [5, 5.41) is 0.671. The molecule has 0 unspecified atom stereocenters. The molecule has 3 aromatic carbocycles. The van der Waals surface area contributed by atoms with Gasteiger partial charge in [-0.1, -0.05) is 39.7 Å². The molecule has 1 N–H and O–H groups in total. The van der Waals surface area contributed by atoms with Gasteiger partial charge in [-0.15, -0.1) is 0 Å². The molecule has 0 aliphatic carbocycles. The van der Waals surface area contributed by atoms with Crippen molar-refractivity contribution in [3.05, 3.63) is 116 Å². The molecule has 2 atom stereocenters. The summed E-state index contributed by atoms with van der Waals surface area (Å²) in [6, 6.07) is 24.9. The van der Waals surface area contributed by atoms with Gasteiger partial charge in [0.05, 0.1) is 16.3 Å². The van der Waals surface area contributed by atoms with Gasteiger partial charge in [-0.3, -0.25) is 14.3 Å². The number of benzene rings is 3. The number of nitrogens with one attached hydrogen (secondary N) is 1. The zero-order chi connectivity index (χ0) is 32.0. The van der Waals surface area contributed by atoms with Crippen molar-refractivity contribution in [1.82, 2.24) is 9.47 Å². The van der Waals surface area contributed by atoms with Crippen molar-refractivity contribution < 1.29 is 13.2 Å². The molecule has 1 amide bonds. The van der Waals surface area contributed by atoms with Crippen molar-refractivity contribution in [2.24, 2.45) is 5.92 Å². The van der Waals surface area contributed by atoms with E-state index in [0.717, 1.165) is 22.3 Å². The lowest BCUT2D eigenvalue weighted by atomic mass is 9.83. The summed E-state index contributed by atoms with van der Waals surface area (Å²) in [4.78, 5) is 32.7. The Morgan fingerprint density at radius 1 is 0.848 bits per heavy atom. The number of carbonyl (C=O) groups is 1. The van der Waals surface area contributed by atoms with Gasteiger partial charge in [0.1, 0.15) is 0 Å². The molecule has 0 saturated carbocycles. The van der Waals surface area contributed by atoms with Gasteiger partial charge >= 0.3 is 0 Å². The highest BCUT2D eigenvalue weighted by atomic mass is 79.9. The van der Waals surface area contributed by atoms with E-state index >= 15 is 0 Å². The minimum absolute atomic E-state index is 0.0138. The fourth-order valence-electron chi connectivity index (χ4n) is 6.96. The largest absolute Gasteiger partial charge is 0.369 e. The van der Waals surface area contributed by atoms with Crippen LogP contribution in [0.3, 0.4) is 0 Å². The second-order valence-electron chi connectivity index (χ2n) is 12.2. The maximum Gasteiger partial charge on any atom is 0.261 e. The zero-order valence-corrected chi connectivity index (χ0v) is 28.1. The molecule has 12 heteroatoms. The third-order valence-electron chi connectivity index (χ3n) is 9.17. The van der Waals surface area contributed by atoms with E-state index in [1.165, 1.54) is 0 Å². The fourth-order valence-corrected chi connectivity index (χ4v) is 8.47. The summed E-state index contributed by atoms with van der Waals surface area (Å²) >= 11 is 9.57. The standard InChI is InChI=1S/C34H33BrClN5O4S/c35-26-8-10-29(11-9-26)46(44,45)37-30-18-24(34(43)39-15-13-38(14-16-39)28-4-1-3-27(36)19-28)7-12-32(30)40-20-23-17-25(22-40)31-5-2-6-33(42)41(31)21-23/h1-12,18-19,23,25,37H,13-17,20-22H2/t23-,25+/m1/s1. The van der Waals surface area contributed by atoms with Crippen LogP contribution in [-0.4, -0.2) is 63.1 Å². The molecular formula is C34H33BrClN5O4S. The summed E-state index contributed by atoms with van der Waals surface area (Å²) in [5.74, 6) is 0.221. The molecule has 2 fully saturated rings. The molecule has 0 spiro atoms. The SMILES string of the molecule is O=C(c1ccc(N2C[C@H]3C[C@@H](C2)c2cccc(=O)n2C3)c(NS(=O)(=O)c2ccc(Br)cc2)c1)N1CCN(c2cccc(Cl)c2)CC1. The number of pyridine rings is 1. The molecule has 9 nitrogen and oxygen atoms in total. The summed E-state index contributed by atoms with van der Waals surface area (Å²) in [6.07, 6.45) is 0.970. The monoisotopic (exact) mass is 721 g/mol. The smallest absolute Gasteiger partial charge is 0.261 e. The normalized spacial score (nSPS) is 19.5. The van der Waals surface area contributed by atoms with Crippen LogP contribution in [0, 0.1) is 5.92 Å². The van der Waals surface area contributed by atoms with Crippen LogP contribution in [0.1, 0.15) is 28.4 Å². The van der Waals surface area contributed by atoms with E-state index in [1.54, 1.807) is 48.5 Å². The summed E-state index contributed by atoms with van der Waals surface area (Å²) in [7, 11) is -3.96. The number of carbonyl (C=O) groups excluding carboxylic acids is 1. The number of piperidine rings is 1. The van der Waals surface area contributed by atoms with Crippen molar-refractivity contribution >= 4 is 60.5 Å². The van der Waals surface area contributed by atoms with Crippen LogP contribution < -0.4 is 20.1 Å². The van der Waals surface area contributed by atoms with Crippen LogP contribution in [0.2, 0.25) is 5.02 Å². The van der Waals surface area contributed by atoms with Crippen LogP contribution >= 0.6 is 27.5 Å². The quantitative estimate of drug-likeness (QED) is 0.277. The maximum absolute atomic E-state index is 13.8. The molecular weight excluding hydrogens is 690 g/mol. The van der Waals surface area contributed by atoms with Crippen molar-refractivity contribution in [2.75, 3.05) is 53.8 Å². The number of aromatic nitrogens is 1. The molecule has 4 aromatic rings. The van der Waals surface area contributed by atoms with Gasteiger partial charge in [-0.05, 0) is 79.1 Å². The van der Waals surface area contributed by atoms with E-state index in [1.807, 2.05) is 45.9 Å². The number of rotatable bonds is 6. The number of anilines is 3. The van der Waals surface area contributed by atoms with Gasteiger partial charge in [-0.2, -0.15) is 0 Å². The molecule has 4 heterocycles. The lowest BCUT2D eigenvalue weighted by molar-refractivity contribution is 0.0747. The highest BCUT2D eigenvalue weighted by Gasteiger charge is 2.36. The minimum Gasteiger partial charge on any atom is -0.369 e. The molecule has 3 aliphatic rings. The molecule has 3 aliphatic heterocycles. The second-order valence-corrected chi connectivity index (χ2v) is 15.2. The first kappa shape index (κ1) is 30.8. The van der Waals surface area contributed by atoms with Crippen LogP contribution in [0.15, 0.2) is 99.1 Å². The summed E-state index contributed by atoms with van der Waals surface area (Å²) < 4.78 is 32.7. The van der Waals surface area contributed by atoms with E-state index in [9.17, 15) is 18.0 Å². The number of piperazine rings is 1. The van der Waals surface area contributed by atoms with Crippen molar-refractivity contribution in [2.45, 2.75) is 23.8 Å². The highest BCUT2D eigenvalue weighted by molar-refractivity contribution is 9.10. The van der Waals surface area contributed by atoms with E-state index in [0.29, 0.717) is 67.8 Å². The number of fused-ring (bicyclic) bond motifs is 4. The van der Waals surface area contributed by atoms with Crippen molar-refractivity contribution in [1.29, 1.82) is 0 Å². The lowest BCUT2D eigenvalue weighted by Crippen LogP contribution is -2.49. The predicted octanol–water partition coefficient (Wildman–Crippen LogP) is 5.65. The van der Waals surface area contributed by atoms with Gasteiger partial charge in [0, 0.05) is 84.2 Å². The van der Waals surface area contributed by atoms with Crippen molar-refractivity contribution in [3.8, 4) is 0 Å². The van der Waals surface area contributed by atoms with E-state index in [-0.39, 0.29) is 28.2 Å². The van der Waals surface area contributed by atoms with Crippen LogP contribution in [0.25, 0.3) is 0 Å². The third-order valence-corrected chi connectivity index (χ3v) is 11.3. The average molecular weight is 723 g/mol. The first-order valence-electron chi connectivity index (χ1n) is 15.3. The van der Waals surface area contributed by atoms with Gasteiger partial charge in [0.15, 0.2) is 0 Å². The Hall–Kier alpha value is -3.80. The number of halogens is 2.